The second-order valence-electron chi connectivity index (χ2n) is 11.1. The summed E-state index contributed by atoms with van der Waals surface area (Å²) in [6.07, 6.45) is 3.26. The molecule has 4 nitrogen and oxygen atoms in total. The van der Waals surface area contributed by atoms with Gasteiger partial charge in [0.15, 0.2) is 0 Å². The van der Waals surface area contributed by atoms with E-state index in [9.17, 15) is 9.90 Å². The Balaban J connectivity index is 1.91. The average molecular weight is 508 g/mol. The topological polar surface area (TPSA) is 70.4 Å². The highest BCUT2D eigenvalue weighted by molar-refractivity contribution is 7.13. The van der Waals surface area contributed by atoms with Crippen LogP contribution in [0.2, 0.25) is 0 Å². The van der Waals surface area contributed by atoms with Gasteiger partial charge in [0.25, 0.3) is 0 Å². The number of aliphatic hydroxyl groups is 1. The molecular formula is C31H41NO3S. The quantitative estimate of drug-likeness (QED) is 0.298. The molecule has 1 aromatic heterocycles. The average Bonchev–Trinajstić information content (AvgIpc) is 3.26. The Bertz CT molecular complexity index is 1200. The summed E-state index contributed by atoms with van der Waals surface area (Å²) < 4.78 is 0. The Labute approximate surface area is 220 Å². The molecule has 1 atom stereocenters. The van der Waals surface area contributed by atoms with Crippen LogP contribution in [0.4, 0.5) is 0 Å². The van der Waals surface area contributed by atoms with Gasteiger partial charge in [0.1, 0.15) is 5.01 Å². The van der Waals surface area contributed by atoms with Crippen LogP contribution in [-0.2, 0) is 23.1 Å². The summed E-state index contributed by atoms with van der Waals surface area (Å²) in [4.78, 5) is 15.6. The van der Waals surface area contributed by atoms with Crippen molar-refractivity contribution in [3.63, 3.8) is 0 Å². The number of aliphatic carboxylic acids is 1. The number of hydrogen-bond donors (Lipinski definition) is 2. The molecule has 0 radical (unpaired) electrons. The zero-order valence-electron chi connectivity index (χ0n) is 22.8. The lowest BCUT2D eigenvalue weighted by molar-refractivity contribution is -0.136. The first-order valence-electron chi connectivity index (χ1n) is 13.0. The number of carbonyl (C=O) groups is 1. The fraction of sp³-hybridized carbons (Fsp3) is 0.484. The molecule has 5 heteroatoms. The summed E-state index contributed by atoms with van der Waals surface area (Å²) in [5, 5.41) is 22.3. The van der Waals surface area contributed by atoms with Gasteiger partial charge in [-0.1, -0.05) is 71.0 Å². The third-order valence-electron chi connectivity index (χ3n) is 7.68. The van der Waals surface area contributed by atoms with Crippen LogP contribution < -0.4 is 0 Å². The molecule has 0 aliphatic rings. The predicted molar refractivity (Wildman–Crippen MR) is 150 cm³/mol. The van der Waals surface area contributed by atoms with Crippen LogP contribution in [0, 0.1) is 19.3 Å². The van der Waals surface area contributed by atoms with Crippen molar-refractivity contribution in [2.24, 2.45) is 5.41 Å². The van der Waals surface area contributed by atoms with Crippen molar-refractivity contribution < 1.29 is 15.0 Å². The van der Waals surface area contributed by atoms with Crippen molar-refractivity contribution in [3.8, 4) is 10.6 Å². The van der Waals surface area contributed by atoms with Crippen LogP contribution in [0.1, 0.15) is 87.4 Å². The maximum Gasteiger partial charge on any atom is 0.309 e. The first-order valence-corrected chi connectivity index (χ1v) is 13.8. The van der Waals surface area contributed by atoms with E-state index in [1.807, 2.05) is 5.38 Å². The van der Waals surface area contributed by atoms with Gasteiger partial charge in [-0.15, -0.1) is 11.3 Å². The van der Waals surface area contributed by atoms with E-state index < -0.39 is 5.97 Å². The van der Waals surface area contributed by atoms with Crippen LogP contribution in [0.5, 0.6) is 0 Å². The van der Waals surface area contributed by atoms with Gasteiger partial charge >= 0.3 is 5.97 Å². The predicted octanol–water partition coefficient (Wildman–Crippen LogP) is 7.50. The number of hydrogen-bond acceptors (Lipinski definition) is 4. The van der Waals surface area contributed by atoms with Gasteiger partial charge in [0.2, 0.25) is 0 Å². The van der Waals surface area contributed by atoms with E-state index in [0.29, 0.717) is 5.69 Å². The number of benzene rings is 2. The highest BCUT2D eigenvalue weighted by Gasteiger charge is 2.31. The van der Waals surface area contributed by atoms with Gasteiger partial charge in [-0.25, -0.2) is 4.98 Å². The summed E-state index contributed by atoms with van der Waals surface area (Å²) in [5.74, 6) is -0.860. The smallest absolute Gasteiger partial charge is 0.309 e. The van der Waals surface area contributed by atoms with Gasteiger partial charge in [0, 0.05) is 16.4 Å². The molecule has 3 aromatic rings. The summed E-state index contributed by atoms with van der Waals surface area (Å²) in [7, 11) is 0. The van der Waals surface area contributed by atoms with E-state index in [2.05, 4.69) is 89.8 Å². The fourth-order valence-electron chi connectivity index (χ4n) is 5.10. The van der Waals surface area contributed by atoms with Crippen molar-refractivity contribution in [2.75, 3.05) is 0 Å². The van der Waals surface area contributed by atoms with E-state index >= 15 is 0 Å². The largest absolute Gasteiger partial charge is 0.481 e. The first-order chi connectivity index (χ1) is 16.9. The molecule has 1 heterocycles. The van der Waals surface area contributed by atoms with E-state index in [1.165, 1.54) is 33.6 Å². The van der Waals surface area contributed by atoms with Gasteiger partial charge in [0.05, 0.1) is 18.2 Å². The minimum Gasteiger partial charge on any atom is -0.481 e. The number of rotatable bonds is 10. The van der Waals surface area contributed by atoms with Crippen molar-refractivity contribution in [3.05, 3.63) is 75.3 Å². The molecule has 0 amide bonds. The van der Waals surface area contributed by atoms with E-state index in [1.54, 1.807) is 0 Å². The molecule has 2 aromatic carbocycles. The number of carboxylic acids is 1. The third kappa shape index (κ3) is 6.07. The summed E-state index contributed by atoms with van der Waals surface area (Å²) in [6.45, 7) is 15.1. The number of thiazole rings is 1. The van der Waals surface area contributed by atoms with Crippen molar-refractivity contribution in [1.29, 1.82) is 0 Å². The molecule has 1 unspecified atom stereocenters. The minimum absolute atomic E-state index is 0.0487. The number of aliphatic hydroxyl groups excluding tert-OH is 1. The fourth-order valence-corrected chi connectivity index (χ4v) is 6.01. The number of aromatic nitrogens is 1. The summed E-state index contributed by atoms with van der Waals surface area (Å²) in [6, 6.07) is 13.5. The Hall–Kier alpha value is -2.50. The van der Waals surface area contributed by atoms with Crippen molar-refractivity contribution in [2.45, 2.75) is 92.1 Å². The van der Waals surface area contributed by atoms with E-state index in [-0.39, 0.29) is 23.4 Å². The zero-order chi connectivity index (χ0) is 26.7. The normalized spacial score (nSPS) is 13.1. The van der Waals surface area contributed by atoms with Crippen LogP contribution in [0.15, 0.2) is 41.8 Å². The minimum atomic E-state index is -0.860. The molecule has 0 fully saturated rings. The van der Waals surface area contributed by atoms with E-state index in [0.717, 1.165) is 41.8 Å². The Morgan fingerprint density at radius 2 is 1.61 bits per heavy atom. The van der Waals surface area contributed by atoms with Crippen LogP contribution in [0.3, 0.4) is 0 Å². The molecule has 194 valence electrons. The third-order valence-corrected chi connectivity index (χ3v) is 8.61. The van der Waals surface area contributed by atoms with Crippen LogP contribution in [-0.4, -0.2) is 27.3 Å². The van der Waals surface area contributed by atoms with Crippen molar-refractivity contribution >= 4 is 17.3 Å². The molecule has 3 rings (SSSR count). The SMILES string of the molecule is CCC(CC)(c1ccc(CCC(O)C(C)(C)C)c(C)c1)c1ccc(-c2nc(CC(=O)O)cs2)c(C)c1. The number of aryl methyl sites for hydroxylation is 3. The molecule has 0 aliphatic carbocycles. The molecule has 0 saturated heterocycles. The lowest BCUT2D eigenvalue weighted by atomic mass is 9.69. The monoisotopic (exact) mass is 507 g/mol. The molecule has 2 N–H and O–H groups in total. The number of nitrogens with zero attached hydrogens (tertiary/aromatic N) is 1. The lowest BCUT2D eigenvalue weighted by Crippen LogP contribution is -2.27. The Morgan fingerprint density at radius 1 is 1.00 bits per heavy atom. The molecule has 0 bridgehead atoms. The van der Waals surface area contributed by atoms with Crippen LogP contribution in [0.25, 0.3) is 10.6 Å². The highest BCUT2D eigenvalue weighted by atomic mass is 32.1. The maximum atomic E-state index is 11.0. The molecule has 0 aliphatic heterocycles. The Morgan fingerprint density at radius 3 is 2.14 bits per heavy atom. The summed E-state index contributed by atoms with van der Waals surface area (Å²) in [5.41, 5.74) is 7.83. The molecule has 0 spiro atoms. The maximum absolute atomic E-state index is 11.0. The van der Waals surface area contributed by atoms with Gasteiger partial charge in [-0.2, -0.15) is 0 Å². The second kappa shape index (κ2) is 11.3. The van der Waals surface area contributed by atoms with Crippen LogP contribution >= 0.6 is 11.3 Å². The van der Waals surface area contributed by atoms with E-state index in [4.69, 9.17) is 5.11 Å². The van der Waals surface area contributed by atoms with Gasteiger partial charge in [-0.3, -0.25) is 4.79 Å². The van der Waals surface area contributed by atoms with Gasteiger partial charge < -0.3 is 10.2 Å². The molecule has 0 saturated carbocycles. The standard InChI is InChI=1S/C31H41NO3S/c1-8-31(9-2,23-12-10-22(20(3)16-23)11-15-27(33)30(5,6)7)24-13-14-26(21(4)17-24)29-32-25(19-36-29)18-28(34)35/h10,12-14,16-17,19,27,33H,8-9,11,15,18H2,1-7H3,(H,34,35). The Kier molecular flexibility index (Phi) is 8.79. The molecule has 36 heavy (non-hydrogen) atoms. The lowest BCUT2D eigenvalue weighted by Gasteiger charge is -2.34. The second-order valence-corrected chi connectivity index (χ2v) is 12.0. The number of carboxylic acid groups (broad SMARTS) is 1. The van der Waals surface area contributed by atoms with Crippen molar-refractivity contribution in [1.82, 2.24) is 4.98 Å². The highest BCUT2D eigenvalue weighted by Crippen LogP contribution is 2.41. The van der Waals surface area contributed by atoms with Gasteiger partial charge in [-0.05, 0) is 72.8 Å². The zero-order valence-corrected chi connectivity index (χ0v) is 23.6. The first kappa shape index (κ1) is 28.1. The molecular weight excluding hydrogens is 466 g/mol. The summed E-state index contributed by atoms with van der Waals surface area (Å²) >= 11 is 1.50.